The van der Waals surface area contributed by atoms with Crippen molar-refractivity contribution in [3.63, 3.8) is 0 Å². The molecule has 0 aliphatic heterocycles. The average Bonchev–Trinajstić information content (AvgIpc) is 3.24. The second kappa shape index (κ2) is 13.0. The van der Waals surface area contributed by atoms with E-state index < -0.39 is 0 Å². The zero-order valence-electron chi connectivity index (χ0n) is 29.2. The summed E-state index contributed by atoms with van der Waals surface area (Å²) in [4.78, 5) is 2.46. The van der Waals surface area contributed by atoms with Crippen LogP contribution in [0.15, 0.2) is 212 Å². The van der Waals surface area contributed by atoms with Crippen molar-refractivity contribution < 1.29 is 0 Å². The van der Waals surface area contributed by atoms with Crippen LogP contribution in [0, 0.1) is 0 Å². The van der Waals surface area contributed by atoms with Crippen molar-refractivity contribution in [1.29, 1.82) is 0 Å². The van der Waals surface area contributed by atoms with Gasteiger partial charge in [-0.1, -0.05) is 182 Å². The van der Waals surface area contributed by atoms with Gasteiger partial charge in [-0.3, -0.25) is 0 Å². The SMILES string of the molecule is c1ccc(-c2ccc(N(c3ccc(-c4cccc5ccccc45)cc3)c3ccccc3-c3cc4ccccc4c4ccccc34)c3ccccc23)cc1. The van der Waals surface area contributed by atoms with Crippen LogP contribution in [0.5, 0.6) is 0 Å². The molecule has 0 saturated carbocycles. The molecule has 10 aromatic carbocycles. The molecule has 0 aliphatic carbocycles. The van der Waals surface area contributed by atoms with E-state index in [1.54, 1.807) is 0 Å². The second-order valence-corrected chi connectivity index (χ2v) is 13.7. The van der Waals surface area contributed by atoms with Gasteiger partial charge in [-0.25, -0.2) is 0 Å². The molecule has 248 valence electrons. The summed E-state index contributed by atoms with van der Waals surface area (Å²) in [6.45, 7) is 0. The Kier molecular flexibility index (Phi) is 7.55. The van der Waals surface area contributed by atoms with Gasteiger partial charge in [-0.2, -0.15) is 0 Å². The van der Waals surface area contributed by atoms with Crippen LogP contribution in [-0.4, -0.2) is 0 Å². The van der Waals surface area contributed by atoms with Crippen molar-refractivity contribution in [2.75, 3.05) is 4.90 Å². The Balaban J connectivity index is 1.22. The highest BCUT2D eigenvalue weighted by Crippen LogP contribution is 2.47. The molecule has 0 bridgehead atoms. The van der Waals surface area contributed by atoms with Crippen LogP contribution >= 0.6 is 0 Å². The van der Waals surface area contributed by atoms with E-state index in [1.165, 1.54) is 76.5 Å². The van der Waals surface area contributed by atoms with E-state index in [-0.39, 0.29) is 0 Å². The van der Waals surface area contributed by atoms with E-state index in [0.29, 0.717) is 0 Å². The molecule has 0 amide bonds. The first-order valence-corrected chi connectivity index (χ1v) is 18.3. The highest BCUT2D eigenvalue weighted by atomic mass is 15.1. The molecule has 0 fully saturated rings. The maximum absolute atomic E-state index is 2.46. The molecule has 0 atom stereocenters. The maximum atomic E-state index is 2.46. The van der Waals surface area contributed by atoms with Gasteiger partial charge in [0.25, 0.3) is 0 Å². The molecule has 10 rings (SSSR count). The lowest BCUT2D eigenvalue weighted by Crippen LogP contribution is -2.12. The number of fused-ring (bicyclic) bond motifs is 5. The summed E-state index contributed by atoms with van der Waals surface area (Å²) in [5, 5.41) is 9.95. The lowest BCUT2D eigenvalue weighted by atomic mass is 9.91. The first kappa shape index (κ1) is 30.8. The van der Waals surface area contributed by atoms with Crippen LogP contribution in [-0.2, 0) is 0 Å². The van der Waals surface area contributed by atoms with Gasteiger partial charge in [0.15, 0.2) is 0 Å². The molecule has 0 saturated heterocycles. The number of benzene rings is 10. The monoisotopic (exact) mass is 673 g/mol. The third kappa shape index (κ3) is 5.34. The lowest BCUT2D eigenvalue weighted by molar-refractivity contribution is 1.30. The minimum atomic E-state index is 1.10. The molecule has 0 aliphatic rings. The van der Waals surface area contributed by atoms with Crippen LogP contribution in [0.1, 0.15) is 0 Å². The topological polar surface area (TPSA) is 3.24 Å². The molecule has 1 heteroatoms. The van der Waals surface area contributed by atoms with Gasteiger partial charge in [0.05, 0.1) is 11.4 Å². The van der Waals surface area contributed by atoms with Crippen molar-refractivity contribution in [3.05, 3.63) is 212 Å². The minimum absolute atomic E-state index is 1.10. The summed E-state index contributed by atoms with van der Waals surface area (Å²) in [5.74, 6) is 0. The highest BCUT2D eigenvalue weighted by molar-refractivity contribution is 6.15. The average molecular weight is 674 g/mol. The first-order chi connectivity index (χ1) is 26.3. The maximum Gasteiger partial charge on any atom is 0.0540 e. The van der Waals surface area contributed by atoms with Gasteiger partial charge in [0, 0.05) is 16.6 Å². The van der Waals surface area contributed by atoms with Gasteiger partial charge in [0.2, 0.25) is 0 Å². The van der Waals surface area contributed by atoms with Crippen LogP contribution < -0.4 is 4.90 Å². The van der Waals surface area contributed by atoms with E-state index in [9.17, 15) is 0 Å². The Morgan fingerprint density at radius 2 is 0.774 bits per heavy atom. The Morgan fingerprint density at radius 3 is 1.57 bits per heavy atom. The molecule has 0 N–H and O–H groups in total. The number of nitrogens with zero attached hydrogens (tertiary/aromatic N) is 1. The predicted octanol–water partition coefficient (Wildman–Crippen LogP) is 14.8. The van der Waals surface area contributed by atoms with Gasteiger partial charge < -0.3 is 4.90 Å². The second-order valence-electron chi connectivity index (χ2n) is 13.7. The number of anilines is 3. The quantitative estimate of drug-likeness (QED) is 0.159. The smallest absolute Gasteiger partial charge is 0.0540 e. The molecule has 0 heterocycles. The Labute approximate surface area is 309 Å². The third-order valence-electron chi connectivity index (χ3n) is 10.7. The van der Waals surface area contributed by atoms with E-state index in [1.807, 2.05) is 0 Å². The molecule has 0 radical (unpaired) electrons. The van der Waals surface area contributed by atoms with Crippen LogP contribution in [0.25, 0.3) is 76.5 Å². The van der Waals surface area contributed by atoms with Crippen molar-refractivity contribution >= 4 is 60.2 Å². The fraction of sp³-hybridized carbons (Fsp3) is 0. The highest BCUT2D eigenvalue weighted by Gasteiger charge is 2.22. The third-order valence-corrected chi connectivity index (χ3v) is 10.7. The van der Waals surface area contributed by atoms with Crippen LogP contribution in [0.3, 0.4) is 0 Å². The van der Waals surface area contributed by atoms with E-state index in [4.69, 9.17) is 0 Å². The molecule has 1 nitrogen and oxygen atoms in total. The number of rotatable bonds is 6. The van der Waals surface area contributed by atoms with E-state index in [2.05, 4.69) is 217 Å². The molecule has 0 aromatic heterocycles. The molecule has 10 aromatic rings. The Hall–Kier alpha value is -6.96. The zero-order chi connectivity index (χ0) is 35.1. The fourth-order valence-electron chi connectivity index (χ4n) is 8.20. The van der Waals surface area contributed by atoms with Crippen LogP contribution in [0.4, 0.5) is 17.1 Å². The standard InChI is InChI=1S/C52H35N/c1-2-15-36(16-3-1)44-33-34-52(48-25-11-10-23-46(44)48)53(40-31-29-38(30-32-40)42-27-14-19-37-17-4-6-20-41(37)42)51-28-13-12-26-49(51)50-35-39-18-5-7-21-43(39)45-22-8-9-24-47(45)50/h1-35H. The molecule has 0 unspecified atom stereocenters. The summed E-state index contributed by atoms with van der Waals surface area (Å²) in [5.41, 5.74) is 10.6. The largest absolute Gasteiger partial charge is 0.309 e. The van der Waals surface area contributed by atoms with Crippen molar-refractivity contribution in [2.45, 2.75) is 0 Å². The first-order valence-electron chi connectivity index (χ1n) is 18.3. The molecular formula is C52H35N. The summed E-state index contributed by atoms with van der Waals surface area (Å²) >= 11 is 0. The predicted molar refractivity (Wildman–Crippen MR) is 227 cm³/mol. The molecule has 53 heavy (non-hydrogen) atoms. The zero-order valence-corrected chi connectivity index (χ0v) is 29.2. The molecule has 0 spiro atoms. The normalized spacial score (nSPS) is 11.4. The fourth-order valence-corrected chi connectivity index (χ4v) is 8.20. The summed E-state index contributed by atoms with van der Waals surface area (Å²) in [6.07, 6.45) is 0. The van der Waals surface area contributed by atoms with Crippen molar-refractivity contribution in [1.82, 2.24) is 0 Å². The van der Waals surface area contributed by atoms with Gasteiger partial charge in [-0.05, 0) is 95.9 Å². The van der Waals surface area contributed by atoms with Crippen LogP contribution in [0.2, 0.25) is 0 Å². The number of para-hydroxylation sites is 1. The Bertz CT molecular complexity index is 2940. The van der Waals surface area contributed by atoms with E-state index >= 15 is 0 Å². The lowest BCUT2D eigenvalue weighted by Gasteiger charge is -2.30. The van der Waals surface area contributed by atoms with Gasteiger partial charge in [0.1, 0.15) is 0 Å². The van der Waals surface area contributed by atoms with Crippen molar-refractivity contribution in [3.8, 4) is 33.4 Å². The summed E-state index contributed by atoms with van der Waals surface area (Å²) in [7, 11) is 0. The van der Waals surface area contributed by atoms with Gasteiger partial charge in [-0.15, -0.1) is 0 Å². The van der Waals surface area contributed by atoms with Crippen molar-refractivity contribution in [2.24, 2.45) is 0 Å². The minimum Gasteiger partial charge on any atom is -0.309 e. The Morgan fingerprint density at radius 1 is 0.245 bits per heavy atom. The van der Waals surface area contributed by atoms with Gasteiger partial charge >= 0.3 is 0 Å². The molecular weight excluding hydrogens is 639 g/mol. The number of hydrogen-bond donors (Lipinski definition) is 0. The summed E-state index contributed by atoms with van der Waals surface area (Å²) < 4.78 is 0. The summed E-state index contributed by atoms with van der Waals surface area (Å²) in [6, 6.07) is 77.3. The number of hydrogen-bond acceptors (Lipinski definition) is 1. The van der Waals surface area contributed by atoms with E-state index in [0.717, 1.165) is 17.1 Å².